The summed E-state index contributed by atoms with van der Waals surface area (Å²) in [5.74, 6) is -0.779. The van der Waals surface area contributed by atoms with Crippen LogP contribution in [0.5, 0.6) is 0 Å². The second kappa shape index (κ2) is 5.83. The van der Waals surface area contributed by atoms with Crippen LogP contribution in [0.15, 0.2) is 41.6 Å². The van der Waals surface area contributed by atoms with Crippen LogP contribution in [0.1, 0.15) is 16.7 Å². The normalized spacial score (nSPS) is 11.5. The van der Waals surface area contributed by atoms with E-state index in [9.17, 15) is 4.39 Å². The summed E-state index contributed by atoms with van der Waals surface area (Å²) in [6.07, 6.45) is 0. The lowest BCUT2D eigenvalue weighted by Gasteiger charge is -2.23. The van der Waals surface area contributed by atoms with Crippen LogP contribution >= 0.6 is 0 Å². The predicted molar refractivity (Wildman–Crippen MR) is 82.9 cm³/mol. The fraction of sp³-hybridized carbons (Fsp3) is 0.188. The molecule has 0 aliphatic heterocycles. The summed E-state index contributed by atoms with van der Waals surface area (Å²) in [6, 6.07) is 10.7. The van der Waals surface area contributed by atoms with Crippen molar-refractivity contribution in [2.24, 2.45) is 10.9 Å². The number of benzene rings is 2. The Bertz CT molecular complexity index is 678. The van der Waals surface area contributed by atoms with Crippen molar-refractivity contribution in [2.45, 2.75) is 13.8 Å². The fourth-order valence-corrected chi connectivity index (χ4v) is 2.38. The largest absolute Gasteiger partial charge is 0.409 e. The van der Waals surface area contributed by atoms with Gasteiger partial charge in [0.25, 0.3) is 0 Å². The lowest BCUT2D eigenvalue weighted by molar-refractivity contribution is 0.318. The standard InChI is InChI=1S/C16H18FN3O/c1-10-7-11(2)9-12(8-10)20(3)14-6-4-5-13(17)15(14)16(18)19-21/h4-9,21H,1-3H3,(H2,18,19). The smallest absolute Gasteiger partial charge is 0.175 e. The Kier molecular flexibility index (Phi) is 4.12. The molecule has 21 heavy (non-hydrogen) atoms. The first-order valence-electron chi connectivity index (χ1n) is 6.52. The van der Waals surface area contributed by atoms with E-state index in [1.807, 2.05) is 37.9 Å². The van der Waals surface area contributed by atoms with E-state index in [0.29, 0.717) is 5.69 Å². The van der Waals surface area contributed by atoms with E-state index in [4.69, 9.17) is 10.9 Å². The Hall–Kier alpha value is -2.56. The Morgan fingerprint density at radius 2 is 1.81 bits per heavy atom. The lowest BCUT2D eigenvalue weighted by atomic mass is 10.1. The van der Waals surface area contributed by atoms with Gasteiger partial charge < -0.3 is 15.8 Å². The van der Waals surface area contributed by atoms with Crippen LogP contribution in [0.4, 0.5) is 15.8 Å². The monoisotopic (exact) mass is 287 g/mol. The number of aryl methyl sites for hydroxylation is 2. The molecule has 0 saturated heterocycles. The summed E-state index contributed by atoms with van der Waals surface area (Å²) in [7, 11) is 1.82. The molecule has 0 spiro atoms. The highest BCUT2D eigenvalue weighted by atomic mass is 19.1. The molecule has 110 valence electrons. The molecule has 0 aliphatic carbocycles. The van der Waals surface area contributed by atoms with Gasteiger partial charge in [-0.2, -0.15) is 0 Å². The number of hydrogen-bond donors (Lipinski definition) is 2. The minimum atomic E-state index is -0.529. The molecule has 0 aliphatic rings. The highest BCUT2D eigenvalue weighted by molar-refractivity contribution is 6.03. The Morgan fingerprint density at radius 1 is 1.19 bits per heavy atom. The van der Waals surface area contributed by atoms with Crippen LogP contribution in [-0.2, 0) is 0 Å². The third kappa shape index (κ3) is 2.97. The molecule has 3 N–H and O–H groups in total. The van der Waals surface area contributed by atoms with Gasteiger partial charge in [0.1, 0.15) is 5.82 Å². The second-order valence-electron chi connectivity index (χ2n) is 5.02. The highest BCUT2D eigenvalue weighted by Crippen LogP contribution is 2.29. The van der Waals surface area contributed by atoms with Gasteiger partial charge in [0.15, 0.2) is 5.84 Å². The molecule has 0 amide bonds. The molecule has 0 aromatic heterocycles. The number of nitrogens with two attached hydrogens (primary N) is 1. The van der Waals surface area contributed by atoms with Crippen molar-refractivity contribution in [2.75, 3.05) is 11.9 Å². The van der Waals surface area contributed by atoms with Gasteiger partial charge in [0, 0.05) is 12.7 Å². The fourth-order valence-electron chi connectivity index (χ4n) is 2.38. The Labute approximate surface area is 123 Å². The maximum absolute atomic E-state index is 14.0. The van der Waals surface area contributed by atoms with E-state index >= 15 is 0 Å². The van der Waals surface area contributed by atoms with Gasteiger partial charge in [-0.15, -0.1) is 0 Å². The molecule has 0 fully saturated rings. The SMILES string of the molecule is Cc1cc(C)cc(N(C)c2cccc(F)c2C(N)=NO)c1. The average Bonchev–Trinajstić information content (AvgIpc) is 2.44. The first-order chi connectivity index (χ1) is 9.93. The number of nitrogens with zero attached hydrogens (tertiary/aromatic N) is 2. The summed E-state index contributed by atoms with van der Waals surface area (Å²) in [6.45, 7) is 4.00. The summed E-state index contributed by atoms with van der Waals surface area (Å²) in [5.41, 5.74) is 9.35. The molecule has 5 heteroatoms. The maximum atomic E-state index is 14.0. The third-order valence-electron chi connectivity index (χ3n) is 3.31. The van der Waals surface area contributed by atoms with E-state index < -0.39 is 5.82 Å². The molecular formula is C16H18FN3O. The minimum absolute atomic E-state index is 0.0849. The molecular weight excluding hydrogens is 269 g/mol. The van der Waals surface area contributed by atoms with Crippen LogP contribution in [0.3, 0.4) is 0 Å². The summed E-state index contributed by atoms with van der Waals surface area (Å²) >= 11 is 0. The van der Waals surface area contributed by atoms with E-state index in [0.717, 1.165) is 16.8 Å². The highest BCUT2D eigenvalue weighted by Gasteiger charge is 2.17. The van der Waals surface area contributed by atoms with Crippen molar-refractivity contribution < 1.29 is 9.60 Å². The molecule has 0 bridgehead atoms. The van der Waals surface area contributed by atoms with Crippen molar-refractivity contribution >= 4 is 17.2 Å². The van der Waals surface area contributed by atoms with Crippen molar-refractivity contribution in [3.05, 3.63) is 58.9 Å². The quantitative estimate of drug-likeness (QED) is 0.394. The van der Waals surface area contributed by atoms with Crippen LogP contribution in [-0.4, -0.2) is 18.1 Å². The van der Waals surface area contributed by atoms with Crippen molar-refractivity contribution in [3.63, 3.8) is 0 Å². The zero-order valence-corrected chi connectivity index (χ0v) is 12.3. The van der Waals surface area contributed by atoms with Gasteiger partial charge >= 0.3 is 0 Å². The maximum Gasteiger partial charge on any atom is 0.175 e. The number of halogens is 1. The predicted octanol–water partition coefficient (Wildman–Crippen LogP) is 3.30. The number of oxime groups is 1. The van der Waals surface area contributed by atoms with Crippen LogP contribution in [0.2, 0.25) is 0 Å². The summed E-state index contributed by atoms with van der Waals surface area (Å²) in [5, 5.41) is 11.8. The molecule has 0 saturated carbocycles. The first-order valence-corrected chi connectivity index (χ1v) is 6.52. The van der Waals surface area contributed by atoms with Gasteiger partial charge in [-0.1, -0.05) is 17.3 Å². The zero-order chi connectivity index (χ0) is 15.6. The Balaban J connectivity index is 2.58. The molecule has 0 radical (unpaired) electrons. The van der Waals surface area contributed by atoms with Crippen LogP contribution in [0, 0.1) is 19.7 Å². The van der Waals surface area contributed by atoms with Gasteiger partial charge in [-0.25, -0.2) is 4.39 Å². The second-order valence-corrected chi connectivity index (χ2v) is 5.02. The van der Waals surface area contributed by atoms with Gasteiger partial charge in [0.05, 0.1) is 11.3 Å². The molecule has 2 aromatic carbocycles. The zero-order valence-electron chi connectivity index (χ0n) is 12.3. The van der Waals surface area contributed by atoms with Gasteiger partial charge in [-0.05, 0) is 49.2 Å². The average molecular weight is 287 g/mol. The van der Waals surface area contributed by atoms with Crippen molar-refractivity contribution in [3.8, 4) is 0 Å². The summed E-state index contributed by atoms with van der Waals surface area (Å²) in [4.78, 5) is 1.82. The topological polar surface area (TPSA) is 61.8 Å². The molecule has 2 aromatic rings. The van der Waals surface area contributed by atoms with E-state index in [1.165, 1.54) is 6.07 Å². The van der Waals surface area contributed by atoms with E-state index in [-0.39, 0.29) is 11.4 Å². The van der Waals surface area contributed by atoms with E-state index in [2.05, 4.69) is 11.2 Å². The van der Waals surface area contributed by atoms with Crippen molar-refractivity contribution in [1.29, 1.82) is 0 Å². The lowest BCUT2D eigenvalue weighted by Crippen LogP contribution is -2.21. The molecule has 0 heterocycles. The van der Waals surface area contributed by atoms with Gasteiger partial charge in [0.2, 0.25) is 0 Å². The molecule has 0 atom stereocenters. The minimum Gasteiger partial charge on any atom is -0.409 e. The first kappa shape index (κ1) is 14.8. The molecule has 4 nitrogen and oxygen atoms in total. The Morgan fingerprint density at radius 3 is 2.38 bits per heavy atom. The van der Waals surface area contributed by atoms with Crippen molar-refractivity contribution in [1.82, 2.24) is 0 Å². The number of anilines is 2. The summed E-state index contributed by atoms with van der Waals surface area (Å²) < 4.78 is 14.0. The number of hydrogen-bond acceptors (Lipinski definition) is 3. The van der Waals surface area contributed by atoms with E-state index in [1.54, 1.807) is 12.1 Å². The number of rotatable bonds is 3. The van der Waals surface area contributed by atoms with Crippen LogP contribution < -0.4 is 10.6 Å². The molecule has 2 rings (SSSR count). The van der Waals surface area contributed by atoms with Gasteiger partial charge in [-0.3, -0.25) is 0 Å². The molecule has 0 unspecified atom stereocenters. The number of amidine groups is 1. The van der Waals surface area contributed by atoms with Crippen LogP contribution in [0.25, 0.3) is 0 Å². The third-order valence-corrected chi connectivity index (χ3v) is 3.31.